The predicted molar refractivity (Wildman–Crippen MR) is 311 cm³/mol. The zero-order chi connectivity index (χ0) is 51.1. The summed E-state index contributed by atoms with van der Waals surface area (Å²) < 4.78 is 28.9. The molecule has 360 valence electrons. The first-order chi connectivity index (χ1) is 37.4. The molecule has 0 unspecified atom stereocenters. The van der Waals surface area contributed by atoms with Gasteiger partial charge in [-0.2, -0.15) is 10.5 Å². The van der Waals surface area contributed by atoms with Gasteiger partial charge in [-0.05, 0) is 97.9 Å². The van der Waals surface area contributed by atoms with Crippen LogP contribution in [-0.2, 0) is 0 Å². The topological polar surface area (TPSA) is 95.0 Å². The number of hydrogen-bond acceptors (Lipinski definition) is 6. The molecule has 15 aromatic rings. The second kappa shape index (κ2) is 16.2. The van der Waals surface area contributed by atoms with Gasteiger partial charge in [0.1, 0.15) is 40.5 Å². The van der Waals surface area contributed by atoms with E-state index in [2.05, 4.69) is 165 Å². The standard InChI is InChI=1S/C66H42N6O3S/c1-37-21-27-59-47(31-37)45-25-26-46-44-16-8-12-20-60(44)76-66(46)65(45)72(59)64-52(36-68)62(70-54-18-10-6-14-42(54)49-33-39(74-3)23-29-57(49)70)61(69-53-17-9-5-13-41(53)48-32-38(73-2)22-28-56(48)69)51(35-67)63(64)71-55-19-11-7-15-43(55)50-34-40(75-4)24-30-58(50)71/h5-34H,1-4H3. The predicted octanol–water partition coefficient (Wildman–Crippen LogP) is 16.5. The number of hydrogen-bond donors (Lipinski definition) is 0. The van der Waals surface area contributed by atoms with Crippen molar-refractivity contribution in [1.82, 2.24) is 18.3 Å². The average molecular weight is 999 g/mol. The third-order valence-electron chi connectivity index (χ3n) is 15.6. The Balaban J connectivity index is 1.28. The summed E-state index contributed by atoms with van der Waals surface area (Å²) in [6.07, 6.45) is 0. The number of thiophene rings is 1. The molecule has 10 heteroatoms. The fourth-order valence-corrected chi connectivity index (χ4v) is 13.6. The minimum atomic E-state index is 0.367. The molecule has 0 fully saturated rings. The lowest BCUT2D eigenvalue weighted by Gasteiger charge is -2.27. The maximum atomic E-state index is 12.8. The van der Waals surface area contributed by atoms with Crippen molar-refractivity contribution in [2.24, 2.45) is 0 Å². The van der Waals surface area contributed by atoms with E-state index in [0.717, 1.165) is 113 Å². The Kier molecular flexibility index (Phi) is 9.32. The van der Waals surface area contributed by atoms with Crippen LogP contribution in [0, 0.1) is 29.6 Å². The molecule has 76 heavy (non-hydrogen) atoms. The van der Waals surface area contributed by atoms with Gasteiger partial charge in [-0.1, -0.05) is 96.6 Å². The maximum Gasteiger partial charge on any atom is 0.119 e. The van der Waals surface area contributed by atoms with Crippen molar-refractivity contribution in [3.8, 4) is 52.1 Å². The molecule has 0 aliphatic heterocycles. The summed E-state index contributed by atoms with van der Waals surface area (Å²) in [5, 5.41) is 35.7. The molecule has 0 amide bonds. The molecule has 0 saturated heterocycles. The number of aryl methyl sites for hydroxylation is 1. The summed E-state index contributed by atoms with van der Waals surface area (Å²) in [5.41, 5.74) is 11.1. The summed E-state index contributed by atoms with van der Waals surface area (Å²) >= 11 is 1.75. The first-order valence-electron chi connectivity index (χ1n) is 25.0. The Morgan fingerprint density at radius 3 is 1.18 bits per heavy atom. The minimum absolute atomic E-state index is 0.367. The van der Waals surface area contributed by atoms with Crippen molar-refractivity contribution in [2.75, 3.05) is 21.3 Å². The van der Waals surface area contributed by atoms with E-state index >= 15 is 0 Å². The lowest BCUT2D eigenvalue weighted by Crippen LogP contribution is -2.16. The largest absolute Gasteiger partial charge is 0.497 e. The lowest BCUT2D eigenvalue weighted by atomic mass is 9.98. The third kappa shape index (κ3) is 5.82. The van der Waals surface area contributed by atoms with Gasteiger partial charge >= 0.3 is 0 Å². The van der Waals surface area contributed by atoms with Gasteiger partial charge in [0.25, 0.3) is 0 Å². The van der Waals surface area contributed by atoms with Crippen LogP contribution in [0.2, 0.25) is 0 Å². The second-order valence-corrected chi connectivity index (χ2v) is 20.4. The fourth-order valence-electron chi connectivity index (χ4n) is 12.4. The van der Waals surface area contributed by atoms with Crippen molar-refractivity contribution in [3.05, 3.63) is 199 Å². The number of ether oxygens (including phenoxy) is 3. The molecule has 9 nitrogen and oxygen atoms in total. The Bertz CT molecular complexity index is 5130. The highest BCUT2D eigenvalue weighted by Gasteiger charge is 2.35. The molecule has 0 saturated carbocycles. The molecule has 0 N–H and O–H groups in total. The maximum absolute atomic E-state index is 12.8. The molecule has 0 aliphatic carbocycles. The van der Waals surface area contributed by atoms with Gasteiger partial charge in [0.05, 0.1) is 92.9 Å². The molecule has 15 rings (SSSR count). The molecule has 5 aromatic heterocycles. The molecule has 0 atom stereocenters. The number of para-hydroxylation sites is 3. The van der Waals surface area contributed by atoms with Crippen LogP contribution >= 0.6 is 11.3 Å². The summed E-state index contributed by atoms with van der Waals surface area (Å²) in [4.78, 5) is 0. The Labute approximate surface area is 438 Å². The number of fused-ring (bicyclic) bond motifs is 16. The summed E-state index contributed by atoms with van der Waals surface area (Å²) in [6, 6.07) is 68.7. The quantitative estimate of drug-likeness (QED) is 0.158. The number of nitriles is 2. The zero-order valence-corrected chi connectivity index (χ0v) is 42.5. The Hall–Kier alpha value is -10.0. The molecule has 0 bridgehead atoms. The summed E-state index contributed by atoms with van der Waals surface area (Å²) in [5.74, 6) is 2.12. The SMILES string of the molecule is COc1ccc2c(c1)c1ccccc1n2-c1c(C#N)c(-n2c3ccccc3c3cc(OC)ccc32)c(-n2c3ccc(C)cc3c3ccc4c5ccccc5sc4c32)c(C#N)c1-n1c2ccccc2c2cc(OC)ccc21. The average Bonchev–Trinajstić information content (AvgIpc) is 4.37. The van der Waals surface area contributed by atoms with Crippen molar-refractivity contribution >= 4 is 119 Å². The monoisotopic (exact) mass is 998 g/mol. The number of nitrogens with zero attached hydrogens (tertiary/aromatic N) is 6. The van der Waals surface area contributed by atoms with Crippen molar-refractivity contribution in [2.45, 2.75) is 6.92 Å². The molecule has 10 aromatic carbocycles. The smallest absolute Gasteiger partial charge is 0.119 e. The number of benzene rings is 10. The van der Waals surface area contributed by atoms with E-state index < -0.39 is 0 Å². The van der Waals surface area contributed by atoms with Crippen LogP contribution < -0.4 is 14.2 Å². The molecule has 5 heterocycles. The van der Waals surface area contributed by atoms with Crippen LogP contribution in [0.5, 0.6) is 17.2 Å². The van der Waals surface area contributed by atoms with E-state index in [0.29, 0.717) is 51.1 Å². The molecule has 0 spiro atoms. The highest BCUT2D eigenvalue weighted by Crippen LogP contribution is 2.51. The van der Waals surface area contributed by atoms with Crippen LogP contribution in [0.25, 0.3) is 130 Å². The van der Waals surface area contributed by atoms with Crippen LogP contribution in [0.15, 0.2) is 182 Å². The molecular formula is C66H42N6O3S. The van der Waals surface area contributed by atoms with Gasteiger partial charge in [0, 0.05) is 58.6 Å². The van der Waals surface area contributed by atoms with Crippen LogP contribution in [0.3, 0.4) is 0 Å². The number of rotatable bonds is 7. The number of methoxy groups -OCH3 is 3. The number of aromatic nitrogens is 4. The zero-order valence-electron chi connectivity index (χ0n) is 41.6. The molecule has 0 radical (unpaired) electrons. The second-order valence-electron chi connectivity index (χ2n) is 19.4. The lowest BCUT2D eigenvalue weighted by molar-refractivity contribution is 0.415. The first kappa shape index (κ1) is 43.6. The summed E-state index contributed by atoms with van der Waals surface area (Å²) in [7, 11) is 5.04. The summed E-state index contributed by atoms with van der Waals surface area (Å²) in [6.45, 7) is 2.12. The van der Waals surface area contributed by atoms with Crippen molar-refractivity contribution in [1.29, 1.82) is 10.5 Å². The highest BCUT2D eigenvalue weighted by atomic mass is 32.1. The fraction of sp³-hybridized carbons (Fsp3) is 0.0606. The first-order valence-corrected chi connectivity index (χ1v) is 25.9. The Morgan fingerprint density at radius 2 is 0.724 bits per heavy atom. The van der Waals surface area contributed by atoms with E-state index in [9.17, 15) is 10.5 Å². The van der Waals surface area contributed by atoms with E-state index in [1.54, 1.807) is 32.7 Å². The van der Waals surface area contributed by atoms with Crippen LogP contribution in [0.1, 0.15) is 16.7 Å². The van der Waals surface area contributed by atoms with E-state index in [-0.39, 0.29) is 0 Å². The van der Waals surface area contributed by atoms with Crippen molar-refractivity contribution in [3.63, 3.8) is 0 Å². The minimum Gasteiger partial charge on any atom is -0.497 e. The molecule has 0 aliphatic rings. The third-order valence-corrected chi connectivity index (χ3v) is 16.8. The van der Waals surface area contributed by atoms with Crippen LogP contribution in [-0.4, -0.2) is 39.6 Å². The normalized spacial score (nSPS) is 11.9. The van der Waals surface area contributed by atoms with Gasteiger partial charge < -0.3 is 32.5 Å². The molecular weight excluding hydrogens is 957 g/mol. The van der Waals surface area contributed by atoms with E-state index in [4.69, 9.17) is 14.2 Å². The Morgan fingerprint density at radius 1 is 0.355 bits per heavy atom. The highest BCUT2D eigenvalue weighted by molar-refractivity contribution is 7.26. The van der Waals surface area contributed by atoms with Gasteiger partial charge in [-0.3, -0.25) is 0 Å². The van der Waals surface area contributed by atoms with Crippen molar-refractivity contribution < 1.29 is 14.2 Å². The van der Waals surface area contributed by atoms with Gasteiger partial charge in [-0.15, -0.1) is 11.3 Å². The van der Waals surface area contributed by atoms with Gasteiger partial charge in [0.2, 0.25) is 0 Å². The van der Waals surface area contributed by atoms with Crippen LogP contribution in [0.4, 0.5) is 0 Å². The van der Waals surface area contributed by atoms with E-state index in [1.807, 2.05) is 54.6 Å². The van der Waals surface area contributed by atoms with Gasteiger partial charge in [0.15, 0.2) is 0 Å². The van der Waals surface area contributed by atoms with E-state index in [1.165, 1.54) is 0 Å². The van der Waals surface area contributed by atoms with Gasteiger partial charge in [-0.25, -0.2) is 0 Å².